The fourth-order valence-corrected chi connectivity index (χ4v) is 3.39. The summed E-state index contributed by atoms with van der Waals surface area (Å²) in [4.78, 5) is 14.9. The van der Waals surface area contributed by atoms with Crippen LogP contribution in [0, 0.1) is 6.92 Å². The van der Waals surface area contributed by atoms with Gasteiger partial charge in [0.05, 0.1) is 19.3 Å². The van der Waals surface area contributed by atoms with E-state index >= 15 is 0 Å². The van der Waals surface area contributed by atoms with Crippen molar-refractivity contribution in [1.82, 2.24) is 15.2 Å². The summed E-state index contributed by atoms with van der Waals surface area (Å²) >= 11 is 0. The van der Waals surface area contributed by atoms with E-state index in [0.29, 0.717) is 13.2 Å². The first kappa shape index (κ1) is 13.5. The van der Waals surface area contributed by atoms with Crippen molar-refractivity contribution in [3.63, 3.8) is 0 Å². The van der Waals surface area contributed by atoms with Gasteiger partial charge in [0.1, 0.15) is 11.4 Å². The number of amides is 1. The van der Waals surface area contributed by atoms with Crippen LogP contribution in [0.3, 0.4) is 0 Å². The second kappa shape index (κ2) is 5.21. The second-order valence-electron chi connectivity index (χ2n) is 5.83. The Hall–Kier alpha value is -2.21. The third kappa shape index (κ3) is 2.02. The van der Waals surface area contributed by atoms with Crippen LogP contribution in [0.25, 0.3) is 0 Å². The largest absolute Gasteiger partial charge is 0.372 e. The van der Waals surface area contributed by atoms with E-state index in [-0.39, 0.29) is 11.9 Å². The summed E-state index contributed by atoms with van der Waals surface area (Å²) in [6.45, 7) is 3.70. The molecule has 1 amide bonds. The van der Waals surface area contributed by atoms with Crippen LogP contribution < -0.4 is 0 Å². The molecular formula is C16H17N3O3. The maximum absolute atomic E-state index is 13.0. The van der Waals surface area contributed by atoms with Gasteiger partial charge in [0, 0.05) is 12.1 Å². The first-order valence-corrected chi connectivity index (χ1v) is 7.54. The number of aromatic nitrogens is 2. The lowest BCUT2D eigenvalue weighted by Gasteiger charge is -2.24. The minimum Gasteiger partial charge on any atom is -0.372 e. The van der Waals surface area contributed by atoms with Crippen molar-refractivity contribution >= 4 is 5.91 Å². The Morgan fingerprint density at radius 1 is 1.32 bits per heavy atom. The SMILES string of the molecule is Cc1nonc1C1CCCN1C(=O)c1cccc2c1COC2. The number of fused-ring (bicyclic) bond motifs is 1. The van der Waals surface area contributed by atoms with Crippen LogP contribution in [0.15, 0.2) is 22.8 Å². The van der Waals surface area contributed by atoms with Crippen LogP contribution >= 0.6 is 0 Å². The maximum Gasteiger partial charge on any atom is 0.254 e. The Morgan fingerprint density at radius 2 is 2.23 bits per heavy atom. The predicted molar refractivity (Wildman–Crippen MR) is 77.0 cm³/mol. The van der Waals surface area contributed by atoms with Gasteiger partial charge in [-0.2, -0.15) is 0 Å². The molecular weight excluding hydrogens is 282 g/mol. The zero-order chi connectivity index (χ0) is 15.1. The highest BCUT2D eigenvalue weighted by molar-refractivity contribution is 5.96. The minimum absolute atomic E-state index is 0.0445. The van der Waals surface area contributed by atoms with E-state index in [2.05, 4.69) is 10.3 Å². The second-order valence-corrected chi connectivity index (χ2v) is 5.83. The molecule has 0 aliphatic carbocycles. The molecule has 0 saturated carbocycles. The van der Waals surface area contributed by atoms with Gasteiger partial charge in [-0.1, -0.05) is 22.4 Å². The van der Waals surface area contributed by atoms with Crippen LogP contribution in [0.1, 0.15) is 51.8 Å². The summed E-state index contributed by atoms with van der Waals surface area (Å²) in [6.07, 6.45) is 1.86. The molecule has 2 aromatic rings. The normalized spacial score (nSPS) is 20.4. The average molecular weight is 299 g/mol. The molecule has 1 unspecified atom stereocenters. The van der Waals surface area contributed by atoms with Crippen molar-refractivity contribution in [3.8, 4) is 0 Å². The van der Waals surface area contributed by atoms with E-state index < -0.39 is 0 Å². The molecule has 2 aliphatic rings. The number of carbonyl (C=O) groups is 1. The monoisotopic (exact) mass is 299 g/mol. The molecule has 1 atom stereocenters. The van der Waals surface area contributed by atoms with Gasteiger partial charge >= 0.3 is 0 Å². The molecule has 1 aromatic heterocycles. The third-order valence-electron chi connectivity index (χ3n) is 4.52. The van der Waals surface area contributed by atoms with E-state index in [1.165, 1.54) is 0 Å². The number of carbonyl (C=O) groups excluding carboxylic acids is 1. The fraction of sp³-hybridized carbons (Fsp3) is 0.438. The molecule has 0 radical (unpaired) electrons. The topological polar surface area (TPSA) is 68.5 Å². The highest BCUT2D eigenvalue weighted by Crippen LogP contribution is 2.34. The van der Waals surface area contributed by atoms with E-state index in [4.69, 9.17) is 9.37 Å². The molecule has 6 nitrogen and oxygen atoms in total. The van der Waals surface area contributed by atoms with Crippen LogP contribution in [0.5, 0.6) is 0 Å². The molecule has 1 fully saturated rings. The average Bonchev–Trinajstić information content (AvgIpc) is 3.25. The van der Waals surface area contributed by atoms with Gasteiger partial charge in [0.2, 0.25) is 0 Å². The smallest absolute Gasteiger partial charge is 0.254 e. The van der Waals surface area contributed by atoms with Gasteiger partial charge < -0.3 is 9.64 Å². The molecule has 4 rings (SSSR count). The van der Waals surface area contributed by atoms with Gasteiger partial charge in [-0.25, -0.2) is 4.63 Å². The van der Waals surface area contributed by atoms with Crippen LogP contribution in [0.4, 0.5) is 0 Å². The molecule has 22 heavy (non-hydrogen) atoms. The van der Waals surface area contributed by atoms with Gasteiger partial charge in [-0.3, -0.25) is 4.79 Å². The summed E-state index contributed by atoms with van der Waals surface area (Å²) in [5.41, 5.74) is 4.41. The van der Waals surface area contributed by atoms with Crippen molar-refractivity contribution in [2.75, 3.05) is 6.54 Å². The Balaban J connectivity index is 1.68. The number of rotatable bonds is 2. The van der Waals surface area contributed by atoms with E-state index in [1.807, 2.05) is 30.0 Å². The number of aryl methyl sites for hydroxylation is 1. The molecule has 2 aliphatic heterocycles. The van der Waals surface area contributed by atoms with Crippen molar-refractivity contribution in [2.45, 2.75) is 39.0 Å². The Kier molecular flexibility index (Phi) is 3.18. The number of hydrogen-bond acceptors (Lipinski definition) is 5. The van der Waals surface area contributed by atoms with Crippen molar-refractivity contribution < 1.29 is 14.2 Å². The van der Waals surface area contributed by atoms with Crippen molar-refractivity contribution in [1.29, 1.82) is 0 Å². The number of ether oxygens (including phenoxy) is 1. The quantitative estimate of drug-likeness (QED) is 0.851. The molecule has 114 valence electrons. The zero-order valence-corrected chi connectivity index (χ0v) is 12.4. The van der Waals surface area contributed by atoms with Crippen LogP contribution in [0.2, 0.25) is 0 Å². The lowest BCUT2D eigenvalue weighted by atomic mass is 10.0. The maximum atomic E-state index is 13.0. The number of likely N-dealkylation sites (tertiary alicyclic amines) is 1. The molecule has 0 spiro atoms. The Morgan fingerprint density at radius 3 is 3.05 bits per heavy atom. The number of hydrogen-bond donors (Lipinski definition) is 0. The van der Waals surface area contributed by atoms with Gasteiger partial charge in [-0.15, -0.1) is 0 Å². The van der Waals surface area contributed by atoms with E-state index in [9.17, 15) is 4.79 Å². The Labute approximate surface area is 128 Å². The molecule has 0 bridgehead atoms. The van der Waals surface area contributed by atoms with Gasteiger partial charge in [-0.05, 0) is 37.0 Å². The molecule has 1 aromatic carbocycles. The predicted octanol–water partition coefficient (Wildman–Crippen LogP) is 2.39. The summed E-state index contributed by atoms with van der Waals surface area (Å²) in [6, 6.07) is 5.79. The molecule has 6 heteroatoms. The zero-order valence-electron chi connectivity index (χ0n) is 12.4. The molecule has 1 saturated heterocycles. The summed E-state index contributed by atoms with van der Waals surface area (Å²) in [7, 11) is 0. The highest BCUT2D eigenvalue weighted by Gasteiger charge is 2.35. The summed E-state index contributed by atoms with van der Waals surface area (Å²) in [5.74, 6) is 0.0484. The van der Waals surface area contributed by atoms with Gasteiger partial charge in [0.25, 0.3) is 5.91 Å². The first-order chi connectivity index (χ1) is 10.8. The summed E-state index contributed by atoms with van der Waals surface area (Å²) in [5, 5.41) is 7.83. The minimum atomic E-state index is -0.0445. The summed E-state index contributed by atoms with van der Waals surface area (Å²) < 4.78 is 10.3. The van der Waals surface area contributed by atoms with Crippen molar-refractivity contribution in [2.24, 2.45) is 0 Å². The number of benzene rings is 1. The first-order valence-electron chi connectivity index (χ1n) is 7.54. The fourth-order valence-electron chi connectivity index (χ4n) is 3.39. The highest BCUT2D eigenvalue weighted by atomic mass is 16.6. The lowest BCUT2D eigenvalue weighted by Crippen LogP contribution is -2.31. The van der Waals surface area contributed by atoms with E-state index in [1.54, 1.807) is 0 Å². The van der Waals surface area contributed by atoms with Crippen LogP contribution in [-0.4, -0.2) is 27.7 Å². The molecule has 3 heterocycles. The van der Waals surface area contributed by atoms with Gasteiger partial charge in [0.15, 0.2) is 0 Å². The molecule has 0 N–H and O–H groups in total. The third-order valence-corrected chi connectivity index (χ3v) is 4.52. The standard InChI is InChI=1S/C16H17N3O3/c1-10-15(18-22-17-10)14-6-3-7-19(14)16(20)12-5-2-4-11-8-21-9-13(11)12/h2,4-5,14H,3,6-9H2,1H3. The lowest BCUT2D eigenvalue weighted by molar-refractivity contribution is 0.0726. The van der Waals surface area contributed by atoms with E-state index in [0.717, 1.165) is 47.5 Å². The Bertz CT molecular complexity index is 725. The van der Waals surface area contributed by atoms with Crippen molar-refractivity contribution in [3.05, 3.63) is 46.3 Å². The number of nitrogens with zero attached hydrogens (tertiary/aromatic N) is 3. The van der Waals surface area contributed by atoms with Crippen LogP contribution in [-0.2, 0) is 18.0 Å².